The van der Waals surface area contributed by atoms with Crippen LogP contribution in [-0.2, 0) is 6.42 Å². The summed E-state index contributed by atoms with van der Waals surface area (Å²) >= 11 is 0. The SMILES string of the molecule is Cc1ccc(Cc2ccc(OC(=O)N3CCN(c4ccccn4)CC3)cc2)nc1. The smallest absolute Gasteiger partial charge is 0.410 e. The van der Waals surface area contributed by atoms with Gasteiger partial charge in [0.15, 0.2) is 0 Å². The maximum Gasteiger partial charge on any atom is 0.415 e. The Kier molecular flexibility index (Phi) is 5.70. The van der Waals surface area contributed by atoms with Gasteiger partial charge in [0.2, 0.25) is 0 Å². The van der Waals surface area contributed by atoms with E-state index in [1.54, 1.807) is 11.1 Å². The van der Waals surface area contributed by atoms with Crippen molar-refractivity contribution >= 4 is 11.9 Å². The van der Waals surface area contributed by atoms with Crippen molar-refractivity contribution < 1.29 is 9.53 Å². The van der Waals surface area contributed by atoms with Gasteiger partial charge in [-0.25, -0.2) is 9.78 Å². The first-order chi connectivity index (χ1) is 14.2. The number of aromatic nitrogens is 2. The molecule has 1 aliphatic heterocycles. The summed E-state index contributed by atoms with van der Waals surface area (Å²) in [5.74, 6) is 1.50. The minimum atomic E-state index is -0.307. The third kappa shape index (κ3) is 4.90. The molecule has 6 heteroatoms. The van der Waals surface area contributed by atoms with Gasteiger partial charge < -0.3 is 14.5 Å². The first-order valence-electron chi connectivity index (χ1n) is 9.80. The van der Waals surface area contributed by atoms with Crippen molar-refractivity contribution in [1.82, 2.24) is 14.9 Å². The molecule has 1 aliphatic rings. The molecule has 1 amide bonds. The molecule has 0 unspecified atom stereocenters. The monoisotopic (exact) mass is 388 g/mol. The summed E-state index contributed by atoms with van der Waals surface area (Å²) in [4.78, 5) is 25.2. The molecule has 29 heavy (non-hydrogen) atoms. The maximum atomic E-state index is 12.5. The number of nitrogens with zero attached hydrogens (tertiary/aromatic N) is 4. The number of amides is 1. The Balaban J connectivity index is 1.29. The molecule has 0 saturated carbocycles. The van der Waals surface area contributed by atoms with Crippen LogP contribution < -0.4 is 9.64 Å². The minimum Gasteiger partial charge on any atom is -0.410 e. The van der Waals surface area contributed by atoms with Gasteiger partial charge in [-0.1, -0.05) is 24.3 Å². The number of carbonyl (C=O) groups excluding carboxylic acids is 1. The van der Waals surface area contributed by atoms with E-state index >= 15 is 0 Å². The average Bonchev–Trinajstić information content (AvgIpc) is 2.77. The Morgan fingerprint density at radius 1 is 0.966 bits per heavy atom. The minimum absolute atomic E-state index is 0.307. The summed E-state index contributed by atoms with van der Waals surface area (Å²) in [6, 6.07) is 17.6. The summed E-state index contributed by atoms with van der Waals surface area (Å²) in [6.07, 6.45) is 4.11. The van der Waals surface area contributed by atoms with Gasteiger partial charge in [0.05, 0.1) is 0 Å². The van der Waals surface area contributed by atoms with E-state index in [9.17, 15) is 4.79 Å². The molecular formula is C23H24N4O2. The number of carbonyl (C=O) groups is 1. The highest BCUT2D eigenvalue weighted by Gasteiger charge is 2.23. The molecule has 0 radical (unpaired) electrons. The van der Waals surface area contributed by atoms with Crippen LogP contribution >= 0.6 is 0 Å². The number of ether oxygens (including phenoxy) is 1. The normalized spacial score (nSPS) is 14.0. The molecular weight excluding hydrogens is 364 g/mol. The fraction of sp³-hybridized carbons (Fsp3) is 0.261. The van der Waals surface area contributed by atoms with Crippen molar-refractivity contribution in [1.29, 1.82) is 0 Å². The van der Waals surface area contributed by atoms with Crippen LogP contribution in [0.2, 0.25) is 0 Å². The van der Waals surface area contributed by atoms with E-state index in [1.807, 2.05) is 61.7 Å². The van der Waals surface area contributed by atoms with Crippen LogP contribution in [0.5, 0.6) is 5.75 Å². The molecule has 0 spiro atoms. The number of pyridine rings is 2. The summed E-state index contributed by atoms with van der Waals surface area (Å²) < 4.78 is 5.55. The Hall–Kier alpha value is -3.41. The third-order valence-electron chi connectivity index (χ3n) is 5.00. The highest BCUT2D eigenvalue weighted by atomic mass is 16.6. The largest absolute Gasteiger partial charge is 0.415 e. The van der Waals surface area contributed by atoms with Gasteiger partial charge in [-0.2, -0.15) is 0 Å². The van der Waals surface area contributed by atoms with Crippen LogP contribution in [0.4, 0.5) is 10.6 Å². The van der Waals surface area contributed by atoms with Crippen molar-refractivity contribution in [3.63, 3.8) is 0 Å². The Labute approximate surface area is 170 Å². The summed E-state index contributed by atoms with van der Waals surface area (Å²) in [6.45, 7) is 4.75. The standard InChI is InChI=1S/C23H24N4O2/c1-18-5-8-20(25-17-18)16-19-6-9-21(10-7-19)29-23(28)27-14-12-26(13-15-27)22-4-2-3-11-24-22/h2-11,17H,12-16H2,1H3. The molecule has 148 valence electrons. The quantitative estimate of drug-likeness (QED) is 0.682. The van der Waals surface area contributed by atoms with Crippen LogP contribution in [0.25, 0.3) is 0 Å². The number of hydrogen-bond acceptors (Lipinski definition) is 5. The van der Waals surface area contributed by atoms with Gasteiger partial charge in [0.1, 0.15) is 11.6 Å². The summed E-state index contributed by atoms with van der Waals surface area (Å²) in [7, 11) is 0. The van der Waals surface area contributed by atoms with E-state index in [4.69, 9.17) is 4.74 Å². The van der Waals surface area contributed by atoms with E-state index in [1.165, 1.54) is 0 Å². The number of aryl methyl sites for hydroxylation is 1. The van der Waals surface area contributed by atoms with Gasteiger partial charge >= 0.3 is 6.09 Å². The molecule has 6 nitrogen and oxygen atoms in total. The maximum absolute atomic E-state index is 12.5. The lowest BCUT2D eigenvalue weighted by atomic mass is 10.1. The lowest BCUT2D eigenvalue weighted by Gasteiger charge is -2.34. The van der Waals surface area contributed by atoms with Crippen molar-refractivity contribution in [2.75, 3.05) is 31.1 Å². The zero-order chi connectivity index (χ0) is 20.1. The van der Waals surface area contributed by atoms with E-state index in [2.05, 4.69) is 20.9 Å². The van der Waals surface area contributed by atoms with Gasteiger partial charge in [-0.05, 0) is 48.4 Å². The van der Waals surface area contributed by atoms with Crippen LogP contribution in [-0.4, -0.2) is 47.1 Å². The predicted octanol–water partition coefficient (Wildman–Crippen LogP) is 3.70. The lowest BCUT2D eigenvalue weighted by molar-refractivity contribution is 0.149. The molecule has 4 rings (SSSR count). The summed E-state index contributed by atoms with van der Waals surface area (Å²) in [5, 5.41) is 0. The number of piperazine rings is 1. The molecule has 0 atom stereocenters. The van der Waals surface area contributed by atoms with Crippen LogP contribution in [0.3, 0.4) is 0 Å². The van der Waals surface area contributed by atoms with E-state index in [0.29, 0.717) is 18.8 Å². The predicted molar refractivity (Wildman–Crippen MR) is 112 cm³/mol. The van der Waals surface area contributed by atoms with Crippen molar-refractivity contribution in [3.8, 4) is 5.75 Å². The van der Waals surface area contributed by atoms with Gasteiger partial charge in [-0.15, -0.1) is 0 Å². The molecule has 1 saturated heterocycles. The average molecular weight is 388 g/mol. The van der Waals surface area contributed by atoms with Crippen molar-refractivity contribution in [2.45, 2.75) is 13.3 Å². The lowest BCUT2D eigenvalue weighted by Crippen LogP contribution is -2.49. The van der Waals surface area contributed by atoms with E-state index in [-0.39, 0.29) is 6.09 Å². The van der Waals surface area contributed by atoms with Gasteiger partial charge in [0, 0.05) is 50.7 Å². The van der Waals surface area contributed by atoms with Crippen molar-refractivity contribution in [2.24, 2.45) is 0 Å². The molecule has 0 N–H and O–H groups in total. The zero-order valence-electron chi connectivity index (χ0n) is 16.5. The van der Waals surface area contributed by atoms with E-state index < -0.39 is 0 Å². The number of benzene rings is 1. The second-order valence-corrected chi connectivity index (χ2v) is 7.18. The van der Waals surface area contributed by atoms with Crippen LogP contribution in [0, 0.1) is 6.92 Å². The number of rotatable bonds is 4. The number of hydrogen-bond donors (Lipinski definition) is 0. The molecule has 3 aromatic rings. The second-order valence-electron chi connectivity index (χ2n) is 7.18. The Morgan fingerprint density at radius 2 is 1.76 bits per heavy atom. The van der Waals surface area contributed by atoms with Crippen LogP contribution in [0.15, 0.2) is 67.0 Å². The molecule has 0 aliphatic carbocycles. The molecule has 1 fully saturated rings. The van der Waals surface area contributed by atoms with E-state index in [0.717, 1.165) is 42.1 Å². The molecule has 3 heterocycles. The highest BCUT2D eigenvalue weighted by molar-refractivity contribution is 5.71. The molecule has 0 bridgehead atoms. The second kappa shape index (κ2) is 8.73. The Bertz CT molecular complexity index is 935. The van der Waals surface area contributed by atoms with Gasteiger partial charge in [-0.3, -0.25) is 4.98 Å². The first-order valence-corrected chi connectivity index (χ1v) is 9.80. The zero-order valence-corrected chi connectivity index (χ0v) is 16.5. The Morgan fingerprint density at radius 3 is 2.41 bits per heavy atom. The fourth-order valence-corrected chi connectivity index (χ4v) is 3.31. The van der Waals surface area contributed by atoms with Gasteiger partial charge in [0.25, 0.3) is 0 Å². The molecule has 2 aromatic heterocycles. The number of anilines is 1. The van der Waals surface area contributed by atoms with Crippen molar-refractivity contribution in [3.05, 3.63) is 83.8 Å². The topological polar surface area (TPSA) is 58.6 Å². The molecule has 1 aromatic carbocycles. The fourth-order valence-electron chi connectivity index (χ4n) is 3.31. The first kappa shape index (κ1) is 18.9. The summed E-state index contributed by atoms with van der Waals surface area (Å²) in [5.41, 5.74) is 3.30. The third-order valence-corrected chi connectivity index (χ3v) is 5.00. The highest BCUT2D eigenvalue weighted by Crippen LogP contribution is 2.17. The van der Waals surface area contributed by atoms with Crippen LogP contribution in [0.1, 0.15) is 16.8 Å².